The van der Waals surface area contributed by atoms with Crippen LogP contribution in [0.1, 0.15) is 49.4 Å². The van der Waals surface area contributed by atoms with Crippen molar-refractivity contribution in [1.82, 2.24) is 20.2 Å². The number of hydrogen-bond acceptors (Lipinski definition) is 9. The Morgan fingerprint density at radius 2 is 2.00 bits per heavy atom. The number of carbonyl (C=O) groups is 3. The van der Waals surface area contributed by atoms with Gasteiger partial charge in [0.1, 0.15) is 12.7 Å². The zero-order valence-corrected chi connectivity index (χ0v) is 21.7. The number of ether oxygens (including phenoxy) is 3. The molecule has 0 aliphatic carbocycles. The smallest absolute Gasteiger partial charge is 0.412 e. The average Bonchev–Trinajstić information content (AvgIpc) is 3.26. The van der Waals surface area contributed by atoms with Gasteiger partial charge < -0.3 is 29.4 Å². The highest BCUT2D eigenvalue weighted by Gasteiger charge is 2.50. The molecule has 0 saturated heterocycles. The molecule has 5 rings (SSSR count). The van der Waals surface area contributed by atoms with Crippen LogP contribution in [0.15, 0.2) is 29.1 Å². The third-order valence-electron chi connectivity index (χ3n) is 6.78. The molecule has 2 aliphatic rings. The van der Waals surface area contributed by atoms with Gasteiger partial charge in [0.2, 0.25) is 5.60 Å². The van der Waals surface area contributed by atoms with Crippen LogP contribution in [-0.4, -0.2) is 40.8 Å². The molecule has 1 atom stereocenters. The number of fused-ring (bicyclic) bond motifs is 5. The third-order valence-corrected chi connectivity index (χ3v) is 6.78. The molecule has 39 heavy (non-hydrogen) atoms. The molecule has 0 unspecified atom stereocenters. The number of nitriles is 1. The lowest BCUT2D eigenvalue weighted by atomic mass is 9.85. The van der Waals surface area contributed by atoms with Gasteiger partial charge in [0.15, 0.2) is 5.75 Å². The summed E-state index contributed by atoms with van der Waals surface area (Å²) in [6.07, 6.45) is -1.48. The maximum absolute atomic E-state index is 13.6. The fourth-order valence-electron chi connectivity index (χ4n) is 4.91. The van der Waals surface area contributed by atoms with E-state index in [1.807, 2.05) is 12.1 Å². The summed E-state index contributed by atoms with van der Waals surface area (Å²) in [7, 11) is 1.41. The van der Waals surface area contributed by atoms with E-state index in [0.717, 1.165) is 0 Å². The number of hydrogen-bond donors (Lipinski definition) is 2. The Morgan fingerprint density at radius 3 is 2.67 bits per heavy atom. The van der Waals surface area contributed by atoms with Crippen molar-refractivity contribution in [3.63, 3.8) is 0 Å². The van der Waals surface area contributed by atoms with Gasteiger partial charge in [-0.3, -0.25) is 4.79 Å². The van der Waals surface area contributed by atoms with Gasteiger partial charge in [-0.05, 0) is 44.5 Å². The van der Waals surface area contributed by atoms with E-state index in [9.17, 15) is 24.4 Å². The molecule has 3 aromatic rings. The van der Waals surface area contributed by atoms with Crippen molar-refractivity contribution in [2.75, 3.05) is 7.05 Å². The number of pyridine rings is 2. The molecule has 0 radical (unpaired) electrons. The third kappa shape index (κ3) is 4.12. The first-order valence-corrected chi connectivity index (χ1v) is 12.3. The minimum Gasteiger partial charge on any atom is -0.457 e. The summed E-state index contributed by atoms with van der Waals surface area (Å²) in [6, 6.07) is 8.28. The highest BCUT2D eigenvalue weighted by molar-refractivity contribution is 5.89. The number of carbonyl (C=O) groups excluding carboxylic acids is 3. The lowest BCUT2D eigenvalue weighted by Crippen LogP contribution is -2.49. The first kappa shape index (κ1) is 25.7. The number of amides is 2. The predicted octanol–water partition coefficient (Wildman–Crippen LogP) is 2.81. The summed E-state index contributed by atoms with van der Waals surface area (Å²) in [4.78, 5) is 55.7. The Bertz CT molecular complexity index is 1670. The first-order chi connectivity index (χ1) is 18.6. The van der Waals surface area contributed by atoms with E-state index in [1.165, 1.54) is 17.7 Å². The molecule has 2 amide bonds. The Balaban J connectivity index is 1.66. The highest BCUT2D eigenvalue weighted by atomic mass is 16.6. The first-order valence-electron chi connectivity index (χ1n) is 12.3. The second-order valence-corrected chi connectivity index (χ2v) is 9.55. The maximum Gasteiger partial charge on any atom is 0.412 e. The van der Waals surface area contributed by atoms with E-state index in [-0.39, 0.29) is 53.6 Å². The van der Waals surface area contributed by atoms with E-state index in [4.69, 9.17) is 19.2 Å². The fraction of sp³-hybridized carbons (Fsp3) is 0.333. The van der Waals surface area contributed by atoms with Gasteiger partial charge in [0.25, 0.3) is 5.56 Å². The second-order valence-electron chi connectivity index (χ2n) is 9.55. The summed E-state index contributed by atoms with van der Waals surface area (Å²) in [5, 5.41) is 15.1. The molecule has 0 spiro atoms. The molecule has 12 heteroatoms. The van der Waals surface area contributed by atoms with Crippen molar-refractivity contribution in [3.05, 3.63) is 56.9 Å². The number of benzene rings is 1. The van der Waals surface area contributed by atoms with E-state index in [1.54, 1.807) is 32.9 Å². The van der Waals surface area contributed by atoms with Gasteiger partial charge >= 0.3 is 18.2 Å². The van der Waals surface area contributed by atoms with E-state index in [2.05, 4.69) is 10.6 Å². The molecule has 2 aliphatic heterocycles. The summed E-state index contributed by atoms with van der Waals surface area (Å²) < 4.78 is 17.7. The molecular weight excluding hydrogens is 506 g/mol. The van der Waals surface area contributed by atoms with Crippen molar-refractivity contribution in [1.29, 1.82) is 5.26 Å². The minimum atomic E-state index is -1.80. The number of esters is 1. The van der Waals surface area contributed by atoms with Gasteiger partial charge in [-0.15, -0.1) is 0 Å². The van der Waals surface area contributed by atoms with Crippen molar-refractivity contribution in [2.45, 2.75) is 52.0 Å². The molecule has 0 saturated carbocycles. The molecular formula is C27H25N5O7. The number of nitrogens with one attached hydrogen (secondary N) is 2. The molecule has 2 aromatic heterocycles. The zero-order chi connectivity index (χ0) is 28.1. The van der Waals surface area contributed by atoms with Gasteiger partial charge in [-0.2, -0.15) is 5.26 Å². The fourth-order valence-corrected chi connectivity index (χ4v) is 4.91. The van der Waals surface area contributed by atoms with Crippen LogP contribution in [-0.2, 0) is 33.0 Å². The molecule has 12 nitrogen and oxygen atoms in total. The number of rotatable bonds is 4. The predicted molar refractivity (Wildman–Crippen MR) is 137 cm³/mol. The Labute approximate surface area is 222 Å². The van der Waals surface area contributed by atoms with Crippen molar-refractivity contribution in [3.8, 4) is 23.2 Å². The lowest BCUT2D eigenvalue weighted by Gasteiger charge is -2.35. The molecule has 0 fully saturated rings. The second kappa shape index (κ2) is 9.43. The lowest BCUT2D eigenvalue weighted by molar-refractivity contribution is -0.172. The maximum atomic E-state index is 13.6. The minimum absolute atomic E-state index is 0.0465. The van der Waals surface area contributed by atoms with E-state index < -0.39 is 23.8 Å². The zero-order valence-electron chi connectivity index (χ0n) is 21.7. The van der Waals surface area contributed by atoms with Gasteiger partial charge in [0.05, 0.1) is 34.6 Å². The van der Waals surface area contributed by atoms with Crippen LogP contribution in [0.5, 0.6) is 5.75 Å². The number of nitrogens with zero attached hydrogens (tertiary/aromatic N) is 3. The van der Waals surface area contributed by atoms with Crippen LogP contribution in [0, 0.1) is 11.3 Å². The Morgan fingerprint density at radius 1 is 1.23 bits per heavy atom. The van der Waals surface area contributed by atoms with E-state index >= 15 is 0 Å². The van der Waals surface area contributed by atoms with Crippen molar-refractivity contribution < 1.29 is 28.6 Å². The molecule has 2 N–H and O–H groups in total. The van der Waals surface area contributed by atoms with E-state index in [0.29, 0.717) is 27.9 Å². The van der Waals surface area contributed by atoms with Crippen LogP contribution >= 0.6 is 0 Å². The van der Waals surface area contributed by atoms with Crippen LogP contribution in [0.2, 0.25) is 0 Å². The largest absolute Gasteiger partial charge is 0.457 e. The number of aromatic nitrogens is 2. The standard InChI is InChI=1S/C27H25N5O7/c1-5-27(39-26(36)30-13(2)3)18-9-20-22-16(11-32(20)23(33)17(18)12-37-24(27)34)6-14-8-21(38-25(35)29-4)15(10-28)7-19(14)31-22/h6-9,13H,5,11-12H2,1-4H3,(H,29,35)(H,30,36)/t27-/m0/s1. The van der Waals surface area contributed by atoms with Crippen molar-refractivity contribution >= 4 is 29.1 Å². The van der Waals surface area contributed by atoms with Gasteiger partial charge in [0, 0.05) is 29.6 Å². The normalized spacial score (nSPS) is 17.0. The topological polar surface area (TPSA) is 162 Å². The van der Waals surface area contributed by atoms with Gasteiger partial charge in [-0.25, -0.2) is 19.4 Å². The summed E-state index contributed by atoms with van der Waals surface area (Å²) in [5.74, 6) is -0.679. The van der Waals surface area contributed by atoms with Crippen LogP contribution in [0.25, 0.3) is 22.3 Å². The molecule has 1 aromatic carbocycles. The summed E-state index contributed by atoms with van der Waals surface area (Å²) in [5.41, 5.74) is 0.498. The van der Waals surface area contributed by atoms with Crippen LogP contribution in [0.4, 0.5) is 9.59 Å². The average molecular weight is 532 g/mol. The van der Waals surface area contributed by atoms with Gasteiger partial charge in [-0.1, -0.05) is 6.92 Å². The number of alkyl carbamates (subject to hydrolysis) is 1. The number of cyclic esters (lactones) is 1. The Hall–Kier alpha value is -4.92. The van der Waals surface area contributed by atoms with Crippen LogP contribution < -0.4 is 20.9 Å². The summed E-state index contributed by atoms with van der Waals surface area (Å²) in [6.45, 7) is 5.13. The summed E-state index contributed by atoms with van der Waals surface area (Å²) >= 11 is 0. The highest BCUT2D eigenvalue weighted by Crippen LogP contribution is 2.41. The quantitative estimate of drug-likeness (QED) is 0.377. The van der Waals surface area contributed by atoms with Crippen molar-refractivity contribution in [2.24, 2.45) is 0 Å². The molecule has 200 valence electrons. The Kier molecular flexibility index (Phi) is 6.22. The monoisotopic (exact) mass is 531 g/mol. The van der Waals surface area contributed by atoms with Crippen LogP contribution in [0.3, 0.4) is 0 Å². The SMILES string of the molecule is CC[C@@]1(OC(=O)NC(C)C)C(=O)OCc2c1cc1n(c2=O)Cc2cc3cc(OC(=O)NC)c(C#N)cc3nc2-1. The molecule has 0 bridgehead atoms. The molecule has 4 heterocycles.